The van der Waals surface area contributed by atoms with Gasteiger partial charge in [0.25, 0.3) is 0 Å². The van der Waals surface area contributed by atoms with Gasteiger partial charge in [0.2, 0.25) is 0 Å². The van der Waals surface area contributed by atoms with Crippen LogP contribution in [0, 0.1) is 0 Å². The van der Waals surface area contributed by atoms with Crippen molar-refractivity contribution in [2.24, 2.45) is 0 Å². The Morgan fingerprint density at radius 1 is 0.767 bits per heavy atom. The fraction of sp³-hybridized carbons (Fsp3) is 0.875. The second-order valence-electron chi connectivity index (χ2n) is 8.04. The van der Waals surface area contributed by atoms with Crippen LogP contribution in [0.1, 0.15) is 96.8 Å². The molecule has 0 heterocycles. The number of allylic oxidation sites excluding steroid dienone is 2. The molecule has 0 rings (SSSR count). The molecular weight excluding hydrogens is 384 g/mol. The molecule has 6 heteroatoms. The molecule has 2 unspecified atom stereocenters. The summed E-state index contributed by atoms with van der Waals surface area (Å²) in [6.45, 7) is 1.65. The molecule has 178 valence electrons. The van der Waals surface area contributed by atoms with E-state index in [0.717, 1.165) is 25.7 Å². The Kier molecular flexibility index (Phi) is 22.0. The second kappa shape index (κ2) is 22.7. The smallest absolute Gasteiger partial charge is 0.305 e. The van der Waals surface area contributed by atoms with Gasteiger partial charge in [-0.15, -0.1) is 0 Å². The van der Waals surface area contributed by atoms with Gasteiger partial charge in [-0.1, -0.05) is 70.4 Å². The first kappa shape index (κ1) is 29.1. The van der Waals surface area contributed by atoms with Crippen LogP contribution in [0.4, 0.5) is 0 Å². The number of aliphatic hydroxyl groups is 3. The molecular formula is C24H46O6. The second-order valence-corrected chi connectivity index (χ2v) is 8.04. The molecule has 0 fully saturated rings. The van der Waals surface area contributed by atoms with Gasteiger partial charge in [0.05, 0.1) is 19.8 Å². The fourth-order valence-corrected chi connectivity index (χ4v) is 3.04. The molecule has 2 atom stereocenters. The van der Waals surface area contributed by atoms with Crippen molar-refractivity contribution >= 4 is 5.97 Å². The van der Waals surface area contributed by atoms with Gasteiger partial charge in [0.15, 0.2) is 0 Å². The number of hydrogen-bond acceptors (Lipinski definition) is 6. The van der Waals surface area contributed by atoms with E-state index in [9.17, 15) is 9.90 Å². The molecule has 0 aliphatic heterocycles. The number of rotatable bonds is 22. The van der Waals surface area contributed by atoms with E-state index in [0.29, 0.717) is 6.42 Å². The minimum atomic E-state index is -0.958. The van der Waals surface area contributed by atoms with Gasteiger partial charge in [0.1, 0.15) is 18.8 Å². The summed E-state index contributed by atoms with van der Waals surface area (Å²) in [5.74, 6) is -0.304. The maximum atomic E-state index is 11.7. The van der Waals surface area contributed by atoms with Gasteiger partial charge in [-0.25, -0.2) is 0 Å². The van der Waals surface area contributed by atoms with Crippen molar-refractivity contribution in [3.05, 3.63) is 12.2 Å². The summed E-state index contributed by atoms with van der Waals surface area (Å²) in [5.41, 5.74) is 0. The van der Waals surface area contributed by atoms with E-state index >= 15 is 0 Å². The molecule has 30 heavy (non-hydrogen) atoms. The Labute approximate surface area is 183 Å². The van der Waals surface area contributed by atoms with E-state index in [-0.39, 0.29) is 32.4 Å². The number of aliphatic hydroxyl groups excluding tert-OH is 3. The molecule has 0 amide bonds. The normalized spacial score (nSPS) is 13.6. The molecule has 0 aliphatic carbocycles. The zero-order chi connectivity index (χ0) is 22.3. The van der Waals surface area contributed by atoms with Crippen molar-refractivity contribution in [3.8, 4) is 0 Å². The lowest BCUT2D eigenvalue weighted by molar-refractivity contribution is -0.148. The first-order chi connectivity index (χ1) is 14.6. The van der Waals surface area contributed by atoms with Gasteiger partial charge in [0, 0.05) is 6.42 Å². The number of esters is 1. The van der Waals surface area contributed by atoms with Crippen LogP contribution in [0.15, 0.2) is 12.2 Å². The van der Waals surface area contributed by atoms with Gasteiger partial charge >= 0.3 is 5.97 Å². The Balaban J connectivity index is 3.35. The Bertz CT molecular complexity index is 399. The van der Waals surface area contributed by atoms with E-state index in [4.69, 9.17) is 19.7 Å². The quantitative estimate of drug-likeness (QED) is 0.135. The number of unbranched alkanes of at least 4 members (excludes halogenated alkanes) is 11. The molecule has 0 saturated heterocycles. The van der Waals surface area contributed by atoms with Crippen LogP contribution in [0.25, 0.3) is 0 Å². The van der Waals surface area contributed by atoms with Crippen molar-refractivity contribution in [3.63, 3.8) is 0 Å². The van der Waals surface area contributed by atoms with E-state index < -0.39 is 12.2 Å². The summed E-state index contributed by atoms with van der Waals surface area (Å²) in [5, 5.41) is 27.4. The lowest BCUT2D eigenvalue weighted by atomic mass is 10.1. The third-order valence-corrected chi connectivity index (χ3v) is 4.91. The number of hydrogen-bond donors (Lipinski definition) is 3. The Hall–Kier alpha value is -0.950. The average molecular weight is 431 g/mol. The van der Waals surface area contributed by atoms with Crippen LogP contribution in [0.5, 0.6) is 0 Å². The molecule has 0 bridgehead atoms. The molecule has 0 aromatic heterocycles. The third-order valence-electron chi connectivity index (χ3n) is 4.91. The van der Waals surface area contributed by atoms with Gasteiger partial charge in [-0.05, 0) is 32.1 Å². The van der Waals surface area contributed by atoms with Crippen LogP contribution in [-0.4, -0.2) is 59.9 Å². The molecule has 0 aromatic rings. The van der Waals surface area contributed by atoms with Crippen molar-refractivity contribution in [2.75, 3.05) is 26.4 Å². The topological polar surface area (TPSA) is 96.2 Å². The summed E-state index contributed by atoms with van der Waals surface area (Å²) in [4.78, 5) is 11.7. The standard InChI is InChI=1S/C24H46O6/c1-2-3-4-5-6-7-8-9-10-11-12-13-14-15-16-17-24(28)30-21-23(27)20-29-19-22(26)18-25/h9-10,22-23,25-27H,2-8,11-21H2,1H3. The lowest BCUT2D eigenvalue weighted by Gasteiger charge is -2.13. The minimum absolute atomic E-state index is 0.0439. The third kappa shape index (κ3) is 21.8. The number of carbonyl (C=O) groups is 1. The summed E-state index contributed by atoms with van der Waals surface area (Å²) < 4.78 is 10.0. The molecule has 6 nitrogen and oxygen atoms in total. The van der Waals surface area contributed by atoms with Crippen molar-refractivity contribution < 1.29 is 29.6 Å². The van der Waals surface area contributed by atoms with Crippen molar-refractivity contribution in [1.82, 2.24) is 0 Å². The highest BCUT2D eigenvalue weighted by atomic mass is 16.5. The van der Waals surface area contributed by atoms with E-state index in [2.05, 4.69) is 19.1 Å². The number of ether oxygens (including phenoxy) is 2. The Morgan fingerprint density at radius 2 is 1.30 bits per heavy atom. The average Bonchev–Trinajstić information content (AvgIpc) is 2.74. The zero-order valence-corrected chi connectivity index (χ0v) is 19.1. The molecule has 3 N–H and O–H groups in total. The first-order valence-corrected chi connectivity index (χ1v) is 12.0. The monoisotopic (exact) mass is 430 g/mol. The maximum absolute atomic E-state index is 11.7. The maximum Gasteiger partial charge on any atom is 0.305 e. The highest BCUT2D eigenvalue weighted by Crippen LogP contribution is 2.10. The lowest BCUT2D eigenvalue weighted by Crippen LogP contribution is -2.27. The van der Waals surface area contributed by atoms with Crippen LogP contribution < -0.4 is 0 Å². The predicted molar refractivity (Wildman–Crippen MR) is 120 cm³/mol. The van der Waals surface area contributed by atoms with Crippen LogP contribution in [0.3, 0.4) is 0 Å². The van der Waals surface area contributed by atoms with Gasteiger partial charge < -0.3 is 24.8 Å². The zero-order valence-electron chi connectivity index (χ0n) is 19.1. The van der Waals surface area contributed by atoms with E-state index in [1.807, 2.05) is 0 Å². The number of carbonyl (C=O) groups excluding carboxylic acids is 1. The summed E-state index contributed by atoms with van der Waals surface area (Å²) >= 11 is 0. The predicted octanol–water partition coefficient (Wildman–Crippen LogP) is 4.30. The summed E-state index contributed by atoms with van der Waals surface area (Å²) in [7, 11) is 0. The van der Waals surface area contributed by atoms with Crippen LogP contribution in [-0.2, 0) is 14.3 Å². The molecule has 0 spiro atoms. The summed E-state index contributed by atoms with van der Waals surface area (Å²) in [6.07, 6.45) is 18.9. The SMILES string of the molecule is CCCCCCCCC=CCCCCCCCC(=O)OCC(O)COCC(O)CO. The molecule has 0 saturated carbocycles. The van der Waals surface area contributed by atoms with Crippen LogP contribution in [0.2, 0.25) is 0 Å². The van der Waals surface area contributed by atoms with E-state index in [1.54, 1.807) is 0 Å². The van der Waals surface area contributed by atoms with Crippen molar-refractivity contribution in [1.29, 1.82) is 0 Å². The van der Waals surface area contributed by atoms with E-state index in [1.165, 1.54) is 57.8 Å². The van der Waals surface area contributed by atoms with Crippen LogP contribution >= 0.6 is 0 Å². The highest BCUT2D eigenvalue weighted by Gasteiger charge is 2.10. The van der Waals surface area contributed by atoms with Gasteiger partial charge in [-0.2, -0.15) is 0 Å². The van der Waals surface area contributed by atoms with Crippen molar-refractivity contribution in [2.45, 2.75) is 109 Å². The fourth-order valence-electron chi connectivity index (χ4n) is 3.04. The first-order valence-electron chi connectivity index (χ1n) is 12.0. The summed E-state index contributed by atoms with van der Waals surface area (Å²) in [6, 6.07) is 0. The minimum Gasteiger partial charge on any atom is -0.463 e. The molecule has 0 radical (unpaired) electrons. The largest absolute Gasteiger partial charge is 0.463 e. The Morgan fingerprint density at radius 3 is 1.90 bits per heavy atom. The molecule has 0 aliphatic rings. The molecule has 0 aromatic carbocycles. The highest BCUT2D eigenvalue weighted by molar-refractivity contribution is 5.69. The van der Waals surface area contributed by atoms with Gasteiger partial charge in [-0.3, -0.25) is 4.79 Å².